The van der Waals surface area contributed by atoms with Crippen LogP contribution in [0.3, 0.4) is 0 Å². The highest BCUT2D eigenvalue weighted by atomic mass is 16.1. The van der Waals surface area contributed by atoms with E-state index in [0.717, 1.165) is 47.5 Å². The Morgan fingerprint density at radius 1 is 1.22 bits per heavy atom. The quantitative estimate of drug-likeness (QED) is 0.462. The predicted octanol–water partition coefficient (Wildman–Crippen LogP) is 6.29. The van der Waals surface area contributed by atoms with E-state index in [1.165, 1.54) is 23.8 Å². The van der Waals surface area contributed by atoms with Gasteiger partial charge in [-0.15, -0.1) is 0 Å². The molecule has 0 amide bonds. The van der Waals surface area contributed by atoms with Gasteiger partial charge < -0.3 is 10.3 Å². The second-order valence-corrected chi connectivity index (χ2v) is 10.3. The standard InChI is InChI=1S/C28H37N3O/c1-18(2)26-23-16-22(28(4,5)25(32)11-8-20-7-6-13-29-17-20)9-10-24(23)31-27(26)21-12-14-30-19(3)15-21/h9-10,12,14-16,18,20,29,31H,6-8,11,13,17H2,1-5H3. The SMILES string of the molecule is Cc1cc(-c2[nH]c3ccc(C(C)(C)C(=O)CCC4CCCNC4)cc3c2C(C)C)ccn1. The average Bonchev–Trinajstić information content (AvgIpc) is 3.17. The summed E-state index contributed by atoms with van der Waals surface area (Å²) in [6.45, 7) is 12.8. The lowest BCUT2D eigenvalue weighted by Gasteiger charge is -2.27. The minimum Gasteiger partial charge on any atom is -0.354 e. The first kappa shape index (κ1) is 22.7. The van der Waals surface area contributed by atoms with Crippen LogP contribution in [0.5, 0.6) is 0 Å². The Kier molecular flexibility index (Phi) is 6.52. The molecule has 4 nitrogen and oxygen atoms in total. The van der Waals surface area contributed by atoms with Crippen LogP contribution in [-0.4, -0.2) is 28.8 Å². The first-order valence-corrected chi connectivity index (χ1v) is 12.1. The zero-order chi connectivity index (χ0) is 22.9. The van der Waals surface area contributed by atoms with Crippen molar-refractivity contribution in [2.75, 3.05) is 13.1 Å². The normalized spacial score (nSPS) is 17.2. The molecular weight excluding hydrogens is 394 g/mol. The summed E-state index contributed by atoms with van der Waals surface area (Å²) in [5.74, 6) is 1.34. The van der Waals surface area contributed by atoms with Crippen molar-refractivity contribution in [3.8, 4) is 11.3 Å². The maximum atomic E-state index is 13.3. The van der Waals surface area contributed by atoms with E-state index in [2.05, 4.69) is 73.3 Å². The molecule has 3 aromatic rings. The van der Waals surface area contributed by atoms with Gasteiger partial charge in [-0.1, -0.05) is 19.9 Å². The van der Waals surface area contributed by atoms with Gasteiger partial charge in [0.2, 0.25) is 0 Å². The third-order valence-electron chi connectivity index (χ3n) is 7.20. The summed E-state index contributed by atoms with van der Waals surface area (Å²) in [6.07, 6.45) is 5.98. The molecule has 170 valence electrons. The number of nitrogens with zero attached hydrogens (tertiary/aromatic N) is 1. The lowest BCUT2D eigenvalue weighted by atomic mass is 9.77. The number of aromatic amines is 1. The van der Waals surface area contributed by atoms with Gasteiger partial charge in [0.25, 0.3) is 0 Å². The summed E-state index contributed by atoms with van der Waals surface area (Å²) in [7, 11) is 0. The summed E-state index contributed by atoms with van der Waals surface area (Å²) >= 11 is 0. The number of pyridine rings is 1. The van der Waals surface area contributed by atoms with Crippen molar-refractivity contribution in [2.24, 2.45) is 5.92 Å². The van der Waals surface area contributed by atoms with Crippen LogP contribution in [0.1, 0.15) is 76.1 Å². The number of benzene rings is 1. The number of hydrogen-bond acceptors (Lipinski definition) is 3. The van der Waals surface area contributed by atoms with Gasteiger partial charge in [0.1, 0.15) is 5.78 Å². The number of piperidine rings is 1. The van der Waals surface area contributed by atoms with E-state index in [-0.39, 0.29) is 0 Å². The largest absolute Gasteiger partial charge is 0.354 e. The molecule has 1 aromatic carbocycles. The molecule has 1 saturated heterocycles. The van der Waals surface area contributed by atoms with Gasteiger partial charge in [-0.2, -0.15) is 0 Å². The Bertz CT molecular complexity index is 1100. The summed E-state index contributed by atoms with van der Waals surface area (Å²) in [5, 5.41) is 4.69. The molecule has 2 aromatic heterocycles. The van der Waals surface area contributed by atoms with Gasteiger partial charge in [-0.3, -0.25) is 9.78 Å². The van der Waals surface area contributed by atoms with E-state index in [1.54, 1.807) is 0 Å². The Balaban J connectivity index is 1.66. The molecule has 1 unspecified atom stereocenters. The Labute approximate surface area is 192 Å². The number of nitrogens with one attached hydrogen (secondary N) is 2. The van der Waals surface area contributed by atoms with Crippen LogP contribution in [0, 0.1) is 12.8 Å². The van der Waals surface area contributed by atoms with Crippen LogP contribution >= 0.6 is 0 Å². The number of fused-ring (bicyclic) bond motifs is 1. The lowest BCUT2D eigenvalue weighted by molar-refractivity contribution is -0.123. The van der Waals surface area contributed by atoms with E-state index >= 15 is 0 Å². The minimum absolute atomic E-state index is 0.342. The van der Waals surface area contributed by atoms with Gasteiger partial charge in [-0.25, -0.2) is 0 Å². The number of ketones is 1. The highest BCUT2D eigenvalue weighted by molar-refractivity contribution is 5.95. The highest BCUT2D eigenvalue weighted by Gasteiger charge is 2.31. The Morgan fingerprint density at radius 2 is 2.03 bits per heavy atom. The molecule has 0 aliphatic carbocycles. The average molecular weight is 432 g/mol. The van der Waals surface area contributed by atoms with Crippen molar-refractivity contribution in [3.63, 3.8) is 0 Å². The van der Waals surface area contributed by atoms with Crippen molar-refractivity contribution in [1.82, 2.24) is 15.3 Å². The van der Waals surface area contributed by atoms with Gasteiger partial charge in [0.15, 0.2) is 0 Å². The summed E-state index contributed by atoms with van der Waals surface area (Å²) < 4.78 is 0. The fraction of sp³-hybridized carbons (Fsp3) is 0.500. The van der Waals surface area contributed by atoms with E-state index < -0.39 is 5.41 Å². The molecule has 4 heteroatoms. The van der Waals surface area contributed by atoms with Crippen LogP contribution in [0.25, 0.3) is 22.2 Å². The number of H-pyrrole nitrogens is 1. The predicted molar refractivity (Wildman–Crippen MR) is 133 cm³/mol. The fourth-order valence-electron chi connectivity index (χ4n) is 5.11. The maximum absolute atomic E-state index is 13.3. The molecule has 4 rings (SSSR count). The van der Waals surface area contributed by atoms with Gasteiger partial charge in [-0.05, 0) is 100 Å². The smallest absolute Gasteiger partial charge is 0.142 e. The first-order valence-electron chi connectivity index (χ1n) is 12.1. The number of carbonyl (C=O) groups excluding carboxylic acids is 1. The van der Waals surface area contributed by atoms with Crippen LogP contribution in [-0.2, 0) is 10.2 Å². The highest BCUT2D eigenvalue weighted by Crippen LogP contribution is 2.38. The van der Waals surface area contributed by atoms with Crippen LogP contribution in [0.2, 0.25) is 0 Å². The first-order chi connectivity index (χ1) is 15.3. The zero-order valence-corrected chi connectivity index (χ0v) is 20.2. The zero-order valence-electron chi connectivity index (χ0n) is 20.2. The van der Waals surface area contributed by atoms with E-state index in [9.17, 15) is 4.79 Å². The lowest BCUT2D eigenvalue weighted by Crippen LogP contribution is -2.32. The summed E-state index contributed by atoms with van der Waals surface area (Å²) in [4.78, 5) is 21.3. The molecule has 0 spiro atoms. The molecule has 32 heavy (non-hydrogen) atoms. The third-order valence-corrected chi connectivity index (χ3v) is 7.20. The molecule has 0 saturated carbocycles. The van der Waals surface area contributed by atoms with E-state index in [0.29, 0.717) is 24.0 Å². The molecule has 1 aliphatic heterocycles. The van der Waals surface area contributed by atoms with Crippen LogP contribution in [0.15, 0.2) is 36.5 Å². The molecule has 1 atom stereocenters. The fourth-order valence-corrected chi connectivity index (χ4v) is 5.11. The molecule has 3 heterocycles. The van der Waals surface area contributed by atoms with Gasteiger partial charge >= 0.3 is 0 Å². The third kappa shape index (κ3) is 4.52. The number of aromatic nitrogens is 2. The molecular formula is C28H37N3O. The molecule has 0 bridgehead atoms. The summed E-state index contributed by atoms with van der Waals surface area (Å²) in [5.41, 5.74) is 6.38. The second kappa shape index (κ2) is 9.19. The monoisotopic (exact) mass is 431 g/mol. The second-order valence-electron chi connectivity index (χ2n) is 10.3. The molecule has 2 N–H and O–H groups in total. The Morgan fingerprint density at radius 3 is 2.72 bits per heavy atom. The summed E-state index contributed by atoms with van der Waals surface area (Å²) in [6, 6.07) is 10.7. The Hall–Kier alpha value is -2.46. The number of carbonyl (C=O) groups is 1. The van der Waals surface area contributed by atoms with Crippen molar-refractivity contribution >= 4 is 16.7 Å². The maximum Gasteiger partial charge on any atom is 0.142 e. The number of aryl methyl sites for hydroxylation is 1. The van der Waals surface area contributed by atoms with Crippen LogP contribution < -0.4 is 5.32 Å². The van der Waals surface area contributed by atoms with Crippen LogP contribution in [0.4, 0.5) is 0 Å². The number of rotatable bonds is 7. The minimum atomic E-state index is -0.491. The van der Waals surface area contributed by atoms with Crippen molar-refractivity contribution < 1.29 is 4.79 Å². The molecule has 0 radical (unpaired) electrons. The van der Waals surface area contributed by atoms with Gasteiger partial charge in [0.05, 0.1) is 5.69 Å². The van der Waals surface area contributed by atoms with E-state index in [4.69, 9.17) is 0 Å². The van der Waals surface area contributed by atoms with E-state index in [1.807, 2.05) is 13.1 Å². The van der Waals surface area contributed by atoms with Crippen molar-refractivity contribution in [3.05, 3.63) is 53.3 Å². The van der Waals surface area contributed by atoms with Gasteiger partial charge in [0, 0.05) is 40.2 Å². The van der Waals surface area contributed by atoms with Crippen molar-refractivity contribution in [2.45, 2.75) is 71.6 Å². The number of hydrogen-bond donors (Lipinski definition) is 2. The topological polar surface area (TPSA) is 57.8 Å². The number of Topliss-reactive ketones (excluding diaryl/α,β-unsaturated/α-hetero) is 1. The van der Waals surface area contributed by atoms with Crippen molar-refractivity contribution in [1.29, 1.82) is 0 Å². The molecule has 1 aliphatic rings. The molecule has 1 fully saturated rings.